The highest BCUT2D eigenvalue weighted by molar-refractivity contribution is 5.95. The summed E-state index contributed by atoms with van der Waals surface area (Å²) in [6, 6.07) is 0. The number of rotatable bonds is 1. The molecular formula is C10H16O4. The van der Waals surface area contributed by atoms with E-state index in [1.165, 1.54) is 0 Å². The highest BCUT2D eigenvalue weighted by Gasteiger charge is 2.34. The van der Waals surface area contributed by atoms with Crippen molar-refractivity contribution in [3.8, 4) is 0 Å². The van der Waals surface area contributed by atoms with E-state index in [0.29, 0.717) is 13.0 Å². The van der Waals surface area contributed by atoms with Gasteiger partial charge in [-0.25, -0.2) is 0 Å². The lowest BCUT2D eigenvalue weighted by Gasteiger charge is -2.25. The van der Waals surface area contributed by atoms with Gasteiger partial charge in [-0.2, -0.15) is 0 Å². The molecular weight excluding hydrogens is 184 g/mol. The number of hydrogen-bond donors (Lipinski definition) is 0. The minimum Gasteiger partial charge on any atom is -0.465 e. The Kier molecular flexibility index (Phi) is 3.13. The molecule has 4 nitrogen and oxygen atoms in total. The third kappa shape index (κ3) is 3.01. The number of cyclic esters (lactones) is 1. The first-order valence-corrected chi connectivity index (χ1v) is 4.79. The first-order valence-electron chi connectivity index (χ1n) is 4.79. The molecule has 1 aliphatic rings. The summed E-state index contributed by atoms with van der Waals surface area (Å²) < 4.78 is 9.89. The molecule has 0 aromatic heterocycles. The Bertz CT molecular complexity index is 239. The molecule has 4 heteroatoms. The van der Waals surface area contributed by atoms with E-state index in [0.717, 1.165) is 6.42 Å². The highest BCUT2D eigenvalue weighted by atomic mass is 16.6. The van der Waals surface area contributed by atoms with Crippen LogP contribution in [-0.2, 0) is 19.1 Å². The van der Waals surface area contributed by atoms with E-state index in [1.54, 1.807) is 20.8 Å². The number of esters is 2. The van der Waals surface area contributed by atoms with Gasteiger partial charge in [-0.15, -0.1) is 0 Å². The van der Waals surface area contributed by atoms with Crippen LogP contribution in [0.5, 0.6) is 0 Å². The van der Waals surface area contributed by atoms with Crippen molar-refractivity contribution in [2.45, 2.75) is 39.2 Å². The lowest BCUT2D eigenvalue weighted by Crippen LogP contribution is -2.36. The van der Waals surface area contributed by atoms with Gasteiger partial charge in [-0.3, -0.25) is 9.59 Å². The van der Waals surface area contributed by atoms with Crippen molar-refractivity contribution in [1.82, 2.24) is 0 Å². The fraction of sp³-hybridized carbons (Fsp3) is 0.800. The SMILES string of the molecule is CC(C)(C)OC(=O)C1CCCOC1=O. The monoisotopic (exact) mass is 200 g/mol. The third-order valence-corrected chi connectivity index (χ3v) is 1.86. The molecule has 0 aromatic rings. The van der Waals surface area contributed by atoms with Crippen LogP contribution in [-0.4, -0.2) is 24.1 Å². The molecule has 0 saturated carbocycles. The summed E-state index contributed by atoms with van der Waals surface area (Å²) in [7, 11) is 0. The van der Waals surface area contributed by atoms with Crippen LogP contribution < -0.4 is 0 Å². The summed E-state index contributed by atoms with van der Waals surface area (Å²) >= 11 is 0. The van der Waals surface area contributed by atoms with Crippen molar-refractivity contribution in [3.63, 3.8) is 0 Å². The maximum Gasteiger partial charge on any atom is 0.320 e. The topological polar surface area (TPSA) is 52.6 Å². The molecule has 1 rings (SSSR count). The van der Waals surface area contributed by atoms with Crippen LogP contribution in [0.1, 0.15) is 33.6 Å². The molecule has 0 N–H and O–H groups in total. The quantitative estimate of drug-likeness (QED) is 0.472. The van der Waals surface area contributed by atoms with Crippen LogP contribution in [0.15, 0.2) is 0 Å². The summed E-state index contributed by atoms with van der Waals surface area (Å²) in [6.07, 6.45) is 1.27. The smallest absolute Gasteiger partial charge is 0.320 e. The summed E-state index contributed by atoms with van der Waals surface area (Å²) in [6.45, 7) is 5.75. The normalized spacial score (nSPS) is 22.8. The van der Waals surface area contributed by atoms with Crippen molar-refractivity contribution < 1.29 is 19.1 Å². The minimum atomic E-state index is -0.719. The van der Waals surface area contributed by atoms with Crippen molar-refractivity contribution >= 4 is 11.9 Å². The summed E-state index contributed by atoms with van der Waals surface area (Å²) in [5, 5.41) is 0. The van der Waals surface area contributed by atoms with Crippen LogP contribution in [0.2, 0.25) is 0 Å². The third-order valence-electron chi connectivity index (χ3n) is 1.86. The van der Waals surface area contributed by atoms with Gasteiger partial charge in [0.2, 0.25) is 0 Å². The van der Waals surface area contributed by atoms with Gasteiger partial charge < -0.3 is 9.47 Å². The van der Waals surface area contributed by atoms with Crippen LogP contribution in [0, 0.1) is 5.92 Å². The van der Waals surface area contributed by atoms with Crippen molar-refractivity contribution in [3.05, 3.63) is 0 Å². The Labute approximate surface area is 83.6 Å². The van der Waals surface area contributed by atoms with Gasteiger partial charge in [0.1, 0.15) is 5.60 Å². The number of carbonyl (C=O) groups is 2. The fourth-order valence-corrected chi connectivity index (χ4v) is 1.27. The highest BCUT2D eigenvalue weighted by Crippen LogP contribution is 2.19. The van der Waals surface area contributed by atoms with Crippen molar-refractivity contribution in [2.24, 2.45) is 5.92 Å². The molecule has 0 bridgehead atoms. The lowest BCUT2D eigenvalue weighted by molar-refractivity contribution is -0.172. The zero-order chi connectivity index (χ0) is 10.8. The van der Waals surface area contributed by atoms with Crippen LogP contribution in [0.3, 0.4) is 0 Å². The van der Waals surface area contributed by atoms with E-state index in [1.807, 2.05) is 0 Å². The average molecular weight is 200 g/mol. The average Bonchev–Trinajstić information content (AvgIpc) is 2.01. The van der Waals surface area contributed by atoms with Gasteiger partial charge in [0.15, 0.2) is 5.92 Å². The maximum atomic E-state index is 11.5. The summed E-state index contributed by atoms with van der Waals surface area (Å²) in [5.74, 6) is -1.64. The Morgan fingerprint density at radius 1 is 1.50 bits per heavy atom. The van der Waals surface area contributed by atoms with Gasteiger partial charge >= 0.3 is 11.9 Å². The van der Waals surface area contributed by atoms with E-state index >= 15 is 0 Å². The largest absolute Gasteiger partial charge is 0.465 e. The molecule has 14 heavy (non-hydrogen) atoms. The molecule has 0 amide bonds. The minimum absolute atomic E-state index is 0.415. The van der Waals surface area contributed by atoms with Gasteiger partial charge in [-0.1, -0.05) is 0 Å². The van der Waals surface area contributed by atoms with E-state index in [4.69, 9.17) is 9.47 Å². The van der Waals surface area contributed by atoms with Crippen molar-refractivity contribution in [1.29, 1.82) is 0 Å². The standard InChI is InChI=1S/C10H16O4/c1-10(2,3)14-9(12)7-5-4-6-13-8(7)11/h7H,4-6H2,1-3H3. The van der Waals surface area contributed by atoms with Crippen LogP contribution in [0.25, 0.3) is 0 Å². The second kappa shape index (κ2) is 3.98. The molecule has 0 aromatic carbocycles. The van der Waals surface area contributed by atoms with Gasteiger partial charge in [0, 0.05) is 0 Å². The van der Waals surface area contributed by atoms with E-state index in [9.17, 15) is 9.59 Å². The van der Waals surface area contributed by atoms with E-state index in [2.05, 4.69) is 0 Å². The molecule has 0 spiro atoms. The molecule has 1 fully saturated rings. The Morgan fingerprint density at radius 2 is 2.14 bits per heavy atom. The molecule has 1 aliphatic heterocycles. The summed E-state index contributed by atoms with van der Waals surface area (Å²) in [4.78, 5) is 22.7. The number of carbonyl (C=O) groups excluding carboxylic acids is 2. The maximum absolute atomic E-state index is 11.5. The van der Waals surface area contributed by atoms with E-state index in [-0.39, 0.29) is 0 Å². The zero-order valence-corrected chi connectivity index (χ0v) is 8.83. The van der Waals surface area contributed by atoms with Gasteiger partial charge in [-0.05, 0) is 33.6 Å². The number of ether oxygens (including phenoxy) is 2. The second-order valence-electron chi connectivity index (χ2n) is 4.40. The van der Waals surface area contributed by atoms with Crippen molar-refractivity contribution in [2.75, 3.05) is 6.61 Å². The van der Waals surface area contributed by atoms with Crippen LogP contribution in [0.4, 0.5) is 0 Å². The molecule has 1 atom stereocenters. The predicted octanol–water partition coefficient (Wildman–Crippen LogP) is 1.28. The Balaban J connectivity index is 2.55. The zero-order valence-electron chi connectivity index (χ0n) is 8.83. The van der Waals surface area contributed by atoms with E-state index < -0.39 is 23.5 Å². The molecule has 1 saturated heterocycles. The molecule has 0 radical (unpaired) electrons. The first kappa shape index (κ1) is 11.0. The van der Waals surface area contributed by atoms with Gasteiger partial charge in [0.05, 0.1) is 6.61 Å². The Morgan fingerprint density at radius 3 is 2.64 bits per heavy atom. The molecule has 80 valence electrons. The molecule has 0 aliphatic carbocycles. The van der Waals surface area contributed by atoms with Crippen LogP contribution >= 0.6 is 0 Å². The lowest BCUT2D eigenvalue weighted by atomic mass is 10.0. The molecule has 1 unspecified atom stereocenters. The predicted molar refractivity (Wildman–Crippen MR) is 49.5 cm³/mol. The summed E-state index contributed by atoms with van der Waals surface area (Å²) in [5.41, 5.74) is -0.547. The second-order valence-corrected chi connectivity index (χ2v) is 4.40. The number of hydrogen-bond acceptors (Lipinski definition) is 4. The Hall–Kier alpha value is -1.06. The fourth-order valence-electron chi connectivity index (χ4n) is 1.27. The molecule has 1 heterocycles. The first-order chi connectivity index (χ1) is 6.40. The van der Waals surface area contributed by atoms with Gasteiger partial charge in [0.25, 0.3) is 0 Å².